The number of benzene rings is 1. The molecule has 0 saturated heterocycles. The quantitative estimate of drug-likeness (QED) is 0.846. The van der Waals surface area contributed by atoms with Crippen LogP contribution < -0.4 is 0 Å². The number of carbonyl (C=O) groups excluding carboxylic acids is 1. The predicted octanol–water partition coefficient (Wildman–Crippen LogP) is 3.53. The number of fused-ring (bicyclic) bond motifs is 1. The third-order valence-electron chi connectivity index (χ3n) is 4.88. The highest BCUT2D eigenvalue weighted by molar-refractivity contribution is 6.30. The van der Waals surface area contributed by atoms with E-state index in [2.05, 4.69) is 5.10 Å². The number of nitrogens with zero attached hydrogens (tertiary/aromatic N) is 2. The van der Waals surface area contributed by atoms with Crippen molar-refractivity contribution in [3.63, 3.8) is 0 Å². The lowest BCUT2D eigenvalue weighted by Crippen LogP contribution is -2.20. The van der Waals surface area contributed by atoms with E-state index in [1.807, 2.05) is 44.2 Å². The molecule has 20 heavy (non-hydrogen) atoms. The Bertz CT molecular complexity index is 723. The smallest absolute Gasteiger partial charge is 0.254 e. The van der Waals surface area contributed by atoms with Gasteiger partial charge >= 0.3 is 0 Å². The van der Waals surface area contributed by atoms with E-state index in [1.165, 1.54) is 5.56 Å². The zero-order valence-corrected chi connectivity index (χ0v) is 12.2. The number of halogens is 1. The molecule has 0 aliphatic heterocycles. The Kier molecular flexibility index (Phi) is 2.14. The molecule has 0 amide bonds. The van der Waals surface area contributed by atoms with Crippen LogP contribution >= 0.6 is 11.6 Å². The Morgan fingerprint density at radius 3 is 2.45 bits per heavy atom. The Balaban J connectivity index is 1.66. The van der Waals surface area contributed by atoms with Crippen LogP contribution in [0.25, 0.3) is 0 Å². The molecule has 1 heterocycles. The van der Waals surface area contributed by atoms with Gasteiger partial charge < -0.3 is 0 Å². The number of hydrogen-bond donors (Lipinski definition) is 0. The largest absolute Gasteiger partial charge is 0.272 e. The van der Waals surface area contributed by atoms with Gasteiger partial charge in [-0.1, -0.05) is 23.7 Å². The standard InChI is InChI=1S/C16H15ClN2O/c1-10-7-11(2)19(18-10)14(20)16-8-15(16,9-16)12-3-5-13(17)6-4-12/h3-7H,8-9H2,1-2H3. The van der Waals surface area contributed by atoms with Gasteiger partial charge in [-0.05, 0) is 50.5 Å². The fourth-order valence-electron chi connectivity index (χ4n) is 3.53. The highest BCUT2D eigenvalue weighted by Crippen LogP contribution is 2.86. The molecule has 0 radical (unpaired) electrons. The molecule has 0 unspecified atom stereocenters. The zero-order chi connectivity index (χ0) is 14.1. The zero-order valence-electron chi connectivity index (χ0n) is 11.5. The van der Waals surface area contributed by atoms with Gasteiger partial charge in [-0.15, -0.1) is 0 Å². The van der Waals surface area contributed by atoms with Gasteiger partial charge in [0.15, 0.2) is 0 Å². The lowest BCUT2D eigenvalue weighted by atomic mass is 10.0. The molecule has 2 saturated carbocycles. The van der Waals surface area contributed by atoms with Crippen molar-refractivity contribution < 1.29 is 4.79 Å². The summed E-state index contributed by atoms with van der Waals surface area (Å²) in [6, 6.07) is 9.85. The molecule has 3 nitrogen and oxygen atoms in total. The topological polar surface area (TPSA) is 34.9 Å². The summed E-state index contributed by atoms with van der Waals surface area (Å²) in [5.74, 6) is 0.151. The molecule has 0 bridgehead atoms. The summed E-state index contributed by atoms with van der Waals surface area (Å²) >= 11 is 5.93. The highest BCUT2D eigenvalue weighted by Gasteiger charge is 2.87. The van der Waals surface area contributed by atoms with E-state index in [0.717, 1.165) is 29.3 Å². The van der Waals surface area contributed by atoms with Crippen molar-refractivity contribution in [3.05, 3.63) is 52.3 Å². The summed E-state index contributed by atoms with van der Waals surface area (Å²) in [6.45, 7) is 3.85. The molecule has 2 aliphatic rings. The molecule has 0 atom stereocenters. The van der Waals surface area contributed by atoms with Crippen LogP contribution in [-0.4, -0.2) is 15.7 Å². The Labute approximate surface area is 122 Å². The van der Waals surface area contributed by atoms with Gasteiger partial charge in [0, 0.05) is 16.1 Å². The minimum atomic E-state index is -0.204. The average Bonchev–Trinajstić information content (AvgIpc) is 3.18. The van der Waals surface area contributed by atoms with Crippen molar-refractivity contribution in [1.82, 2.24) is 9.78 Å². The molecule has 0 spiro atoms. The molecular formula is C16H15ClN2O. The van der Waals surface area contributed by atoms with Crippen LogP contribution in [0.4, 0.5) is 0 Å². The second kappa shape index (κ2) is 3.53. The number of aryl methyl sites for hydroxylation is 2. The molecule has 2 aromatic rings. The monoisotopic (exact) mass is 286 g/mol. The summed E-state index contributed by atoms with van der Waals surface area (Å²) in [7, 11) is 0. The van der Waals surface area contributed by atoms with Crippen molar-refractivity contribution >= 4 is 17.5 Å². The van der Waals surface area contributed by atoms with E-state index < -0.39 is 0 Å². The third kappa shape index (κ3) is 1.36. The molecule has 4 rings (SSSR count). The van der Waals surface area contributed by atoms with Gasteiger partial charge in [0.1, 0.15) is 0 Å². The van der Waals surface area contributed by atoms with E-state index in [4.69, 9.17) is 11.6 Å². The van der Waals surface area contributed by atoms with Crippen LogP contribution in [0.3, 0.4) is 0 Å². The third-order valence-corrected chi connectivity index (χ3v) is 5.13. The predicted molar refractivity (Wildman–Crippen MR) is 77.1 cm³/mol. The van der Waals surface area contributed by atoms with Crippen LogP contribution in [0.15, 0.2) is 30.3 Å². The fourth-order valence-corrected chi connectivity index (χ4v) is 3.66. The Morgan fingerprint density at radius 2 is 1.90 bits per heavy atom. The first kappa shape index (κ1) is 12.2. The molecule has 1 aromatic carbocycles. The minimum absolute atomic E-state index is 0.0565. The van der Waals surface area contributed by atoms with Crippen molar-refractivity contribution in [2.24, 2.45) is 5.41 Å². The number of hydrogen-bond acceptors (Lipinski definition) is 2. The normalized spacial score (nSPS) is 29.9. The van der Waals surface area contributed by atoms with Gasteiger partial charge in [0.2, 0.25) is 0 Å². The van der Waals surface area contributed by atoms with Crippen molar-refractivity contribution in [3.8, 4) is 0 Å². The first-order chi connectivity index (χ1) is 9.48. The lowest BCUT2D eigenvalue weighted by Gasteiger charge is -2.03. The van der Waals surface area contributed by atoms with E-state index in [1.54, 1.807) is 4.68 Å². The number of aromatic nitrogens is 2. The maximum atomic E-state index is 12.7. The van der Waals surface area contributed by atoms with E-state index >= 15 is 0 Å². The lowest BCUT2D eigenvalue weighted by molar-refractivity contribution is 0.0832. The van der Waals surface area contributed by atoms with Crippen molar-refractivity contribution in [2.75, 3.05) is 0 Å². The van der Waals surface area contributed by atoms with Gasteiger partial charge in [-0.2, -0.15) is 5.10 Å². The Hall–Kier alpha value is -1.61. The molecule has 0 N–H and O–H groups in total. The maximum Gasteiger partial charge on any atom is 0.254 e. The molecule has 102 valence electrons. The van der Waals surface area contributed by atoms with Gasteiger partial charge in [0.05, 0.1) is 11.1 Å². The van der Waals surface area contributed by atoms with Crippen LogP contribution in [0.5, 0.6) is 0 Å². The van der Waals surface area contributed by atoms with Crippen LogP contribution in [-0.2, 0) is 5.41 Å². The van der Waals surface area contributed by atoms with E-state index in [-0.39, 0.29) is 16.7 Å². The summed E-state index contributed by atoms with van der Waals surface area (Å²) < 4.78 is 1.58. The molecule has 1 aromatic heterocycles. The van der Waals surface area contributed by atoms with E-state index in [0.29, 0.717) is 0 Å². The summed E-state index contributed by atoms with van der Waals surface area (Å²) in [5.41, 5.74) is 2.90. The molecular weight excluding hydrogens is 272 g/mol. The molecule has 2 fully saturated rings. The van der Waals surface area contributed by atoms with Crippen LogP contribution in [0, 0.1) is 19.3 Å². The van der Waals surface area contributed by atoms with E-state index in [9.17, 15) is 4.79 Å². The summed E-state index contributed by atoms with van der Waals surface area (Å²) in [4.78, 5) is 12.7. The van der Waals surface area contributed by atoms with Crippen molar-refractivity contribution in [1.29, 1.82) is 0 Å². The highest BCUT2D eigenvalue weighted by atomic mass is 35.5. The van der Waals surface area contributed by atoms with Crippen LogP contribution in [0.1, 0.15) is 34.6 Å². The van der Waals surface area contributed by atoms with Crippen LogP contribution in [0.2, 0.25) is 5.02 Å². The first-order valence-electron chi connectivity index (χ1n) is 6.83. The minimum Gasteiger partial charge on any atom is -0.272 e. The van der Waals surface area contributed by atoms with Gasteiger partial charge in [-0.25, -0.2) is 4.68 Å². The second-order valence-electron chi connectivity index (χ2n) is 6.17. The second-order valence-corrected chi connectivity index (χ2v) is 6.61. The molecule has 4 heteroatoms. The molecule has 2 aliphatic carbocycles. The first-order valence-corrected chi connectivity index (χ1v) is 7.20. The van der Waals surface area contributed by atoms with Gasteiger partial charge in [-0.3, -0.25) is 4.79 Å². The van der Waals surface area contributed by atoms with Crippen molar-refractivity contribution in [2.45, 2.75) is 32.1 Å². The van der Waals surface area contributed by atoms with Gasteiger partial charge in [0.25, 0.3) is 5.91 Å². The summed E-state index contributed by atoms with van der Waals surface area (Å²) in [6.07, 6.45) is 1.89. The SMILES string of the molecule is Cc1cc(C)n(C(=O)C23CC2(c2ccc(Cl)cc2)C3)n1. The maximum absolute atomic E-state index is 12.7. The average molecular weight is 287 g/mol. The number of carbonyl (C=O) groups is 1. The number of rotatable bonds is 2. The fraction of sp³-hybridized carbons (Fsp3) is 0.375. The summed E-state index contributed by atoms with van der Waals surface area (Å²) in [5, 5.41) is 5.07. The Morgan fingerprint density at radius 1 is 1.25 bits per heavy atom.